The molecule has 10 nitrogen and oxygen atoms in total. The topological polar surface area (TPSA) is 138 Å². The molecule has 4 atom stereocenters. The van der Waals surface area contributed by atoms with Crippen molar-refractivity contribution >= 4 is 23.2 Å². The van der Waals surface area contributed by atoms with Crippen LogP contribution >= 0.6 is 11.3 Å². The van der Waals surface area contributed by atoms with Crippen molar-refractivity contribution in [3.63, 3.8) is 0 Å². The lowest BCUT2D eigenvalue weighted by molar-refractivity contribution is -0.141. The maximum Gasteiger partial charge on any atom is 0.254 e. The molecule has 3 N–H and O–H groups in total. The van der Waals surface area contributed by atoms with Gasteiger partial charge >= 0.3 is 0 Å². The van der Waals surface area contributed by atoms with E-state index in [0.29, 0.717) is 11.6 Å². The molecule has 5 rings (SSSR count). The summed E-state index contributed by atoms with van der Waals surface area (Å²) in [6.07, 6.45) is 0.836. The molecule has 0 radical (unpaired) electrons. The van der Waals surface area contributed by atoms with E-state index < -0.39 is 18.1 Å². The number of carbonyl (C=O) groups is 2. The highest BCUT2D eigenvalue weighted by molar-refractivity contribution is 7.13. The van der Waals surface area contributed by atoms with Crippen molar-refractivity contribution in [1.29, 1.82) is 0 Å². The fourth-order valence-electron chi connectivity index (χ4n) is 5.68. The number of amides is 2. The molecule has 41 heavy (non-hydrogen) atoms. The van der Waals surface area contributed by atoms with Crippen molar-refractivity contribution in [3.05, 3.63) is 52.9 Å². The van der Waals surface area contributed by atoms with Gasteiger partial charge in [0.15, 0.2) is 5.76 Å². The number of benzene rings is 1. The minimum absolute atomic E-state index is 0.0323. The molecule has 0 bridgehead atoms. The van der Waals surface area contributed by atoms with Gasteiger partial charge in [0, 0.05) is 25.6 Å². The largest absolute Gasteiger partial charge is 0.472 e. The van der Waals surface area contributed by atoms with Crippen LogP contribution in [0.3, 0.4) is 0 Å². The molecule has 0 spiro atoms. The predicted molar refractivity (Wildman–Crippen MR) is 153 cm³/mol. The zero-order valence-electron chi connectivity index (χ0n) is 23.8. The number of rotatable bonds is 10. The number of likely N-dealkylation sites (tertiary alicyclic amines) is 1. The quantitative estimate of drug-likeness (QED) is 0.328. The van der Waals surface area contributed by atoms with Gasteiger partial charge in [-0.15, -0.1) is 11.3 Å². The van der Waals surface area contributed by atoms with Crippen molar-refractivity contribution in [1.82, 2.24) is 20.4 Å². The first-order valence-corrected chi connectivity index (χ1v) is 15.1. The number of thiazole rings is 1. The minimum atomic E-state index is -0.802. The lowest BCUT2D eigenvalue weighted by Crippen LogP contribution is -2.48. The molecule has 2 aromatic heterocycles. The van der Waals surface area contributed by atoms with Crippen molar-refractivity contribution < 1.29 is 29.1 Å². The molecule has 1 aliphatic heterocycles. The van der Waals surface area contributed by atoms with Gasteiger partial charge < -0.3 is 29.7 Å². The average Bonchev–Trinajstić information content (AvgIpc) is 3.66. The molecular weight excluding hydrogens is 544 g/mol. The van der Waals surface area contributed by atoms with Gasteiger partial charge in [0.2, 0.25) is 11.8 Å². The third kappa shape index (κ3) is 6.32. The van der Waals surface area contributed by atoms with Crippen LogP contribution in [-0.4, -0.2) is 68.5 Å². The summed E-state index contributed by atoms with van der Waals surface area (Å²) < 4.78 is 11.4. The molecule has 220 valence electrons. The van der Waals surface area contributed by atoms with Crippen LogP contribution in [0, 0.1) is 18.8 Å². The van der Waals surface area contributed by atoms with Crippen LogP contribution in [0.4, 0.5) is 0 Å². The van der Waals surface area contributed by atoms with E-state index in [-0.39, 0.29) is 55.4 Å². The fourth-order valence-corrected chi connectivity index (χ4v) is 6.49. The number of aliphatic hydroxyl groups excluding tert-OH is 2. The van der Waals surface area contributed by atoms with Gasteiger partial charge in [-0.05, 0) is 54.8 Å². The Morgan fingerprint density at radius 3 is 2.56 bits per heavy atom. The SMILES string of the molecule is Cc1ncsc1-c1ccc([C@H](C)NC(=O)[C@@H]2C[C@@H](O)CN2C(=O)[C@H](c2cc(OC3CC(CO)C3)no2)C(C)C)cc1. The number of aromatic nitrogens is 2. The molecule has 2 amide bonds. The number of nitrogens with one attached hydrogen (secondary N) is 1. The van der Waals surface area contributed by atoms with E-state index in [1.54, 1.807) is 17.4 Å². The number of aryl methyl sites for hydroxylation is 1. The zero-order chi connectivity index (χ0) is 29.3. The third-order valence-electron chi connectivity index (χ3n) is 8.13. The molecule has 2 fully saturated rings. The van der Waals surface area contributed by atoms with E-state index in [0.717, 1.165) is 34.5 Å². The third-order valence-corrected chi connectivity index (χ3v) is 9.10. The molecule has 11 heteroatoms. The predicted octanol–water partition coefficient (Wildman–Crippen LogP) is 3.84. The number of hydrogen-bond acceptors (Lipinski definition) is 9. The van der Waals surface area contributed by atoms with Gasteiger partial charge in [-0.25, -0.2) is 4.98 Å². The second kappa shape index (κ2) is 12.3. The van der Waals surface area contributed by atoms with E-state index in [1.807, 2.05) is 57.5 Å². The molecule has 3 heterocycles. The van der Waals surface area contributed by atoms with Gasteiger partial charge in [-0.1, -0.05) is 38.1 Å². The number of carbonyl (C=O) groups excluding carboxylic acids is 2. The first kappa shape index (κ1) is 29.2. The molecule has 3 aromatic rings. The van der Waals surface area contributed by atoms with Gasteiger partial charge in [-0.2, -0.15) is 0 Å². The van der Waals surface area contributed by atoms with E-state index >= 15 is 0 Å². The molecule has 1 saturated carbocycles. The smallest absolute Gasteiger partial charge is 0.254 e. The van der Waals surface area contributed by atoms with E-state index in [1.165, 1.54) is 4.90 Å². The molecule has 0 unspecified atom stereocenters. The fraction of sp³-hybridized carbons (Fsp3) is 0.533. The Morgan fingerprint density at radius 2 is 1.93 bits per heavy atom. The van der Waals surface area contributed by atoms with Gasteiger partial charge in [0.1, 0.15) is 18.1 Å². The number of hydrogen-bond donors (Lipinski definition) is 3. The van der Waals surface area contributed by atoms with E-state index in [9.17, 15) is 19.8 Å². The first-order valence-electron chi connectivity index (χ1n) is 14.2. The number of β-amino-alcohol motifs (C(OH)–C–C–N with tert-alkyl or cyclic N) is 1. The number of nitrogens with zero attached hydrogens (tertiary/aromatic N) is 3. The summed E-state index contributed by atoms with van der Waals surface area (Å²) in [5, 5.41) is 26.8. The lowest BCUT2D eigenvalue weighted by Gasteiger charge is -2.33. The molecule has 2 aliphatic rings. The summed E-state index contributed by atoms with van der Waals surface area (Å²) in [5.74, 6) is -0.517. The van der Waals surface area contributed by atoms with Crippen LogP contribution in [0.2, 0.25) is 0 Å². The van der Waals surface area contributed by atoms with Crippen LogP contribution in [0.25, 0.3) is 10.4 Å². The highest BCUT2D eigenvalue weighted by Crippen LogP contribution is 2.35. The van der Waals surface area contributed by atoms with Crippen LogP contribution in [0.15, 0.2) is 40.4 Å². The molecule has 1 aromatic carbocycles. The van der Waals surface area contributed by atoms with Gasteiger partial charge in [0.05, 0.1) is 28.2 Å². The summed E-state index contributed by atoms with van der Waals surface area (Å²) in [4.78, 5) is 34.2. The van der Waals surface area contributed by atoms with Crippen LogP contribution in [0.1, 0.15) is 69.0 Å². The summed E-state index contributed by atoms with van der Waals surface area (Å²) in [6.45, 7) is 7.91. The standard InChI is InChI=1S/C30H38N4O6S/c1-16(2)27(25-12-26(33-40-25)39-23-9-19(10-23)14-35)30(38)34-13-22(36)11-24(34)29(37)32-17(3)20-5-7-21(8-6-20)28-18(4)31-15-41-28/h5-8,12,15-17,19,22-24,27,35-36H,9-11,13-14H2,1-4H3,(H,32,37)/t17-,19?,22+,23?,24-,27-/m0/s1. The van der Waals surface area contributed by atoms with E-state index in [2.05, 4.69) is 15.5 Å². The van der Waals surface area contributed by atoms with Crippen molar-refractivity contribution in [2.45, 2.75) is 77.2 Å². The lowest BCUT2D eigenvalue weighted by atomic mass is 9.83. The highest BCUT2D eigenvalue weighted by atomic mass is 32.1. The Hall–Kier alpha value is -3.28. The van der Waals surface area contributed by atoms with E-state index in [4.69, 9.17) is 9.26 Å². The maximum atomic E-state index is 13.8. The second-order valence-electron chi connectivity index (χ2n) is 11.6. The Balaban J connectivity index is 1.25. The summed E-state index contributed by atoms with van der Waals surface area (Å²) in [7, 11) is 0. The van der Waals surface area contributed by atoms with Gasteiger partial charge in [0.25, 0.3) is 5.88 Å². The van der Waals surface area contributed by atoms with Crippen molar-refractivity contribution in [2.24, 2.45) is 11.8 Å². The average molecular weight is 583 g/mol. The highest BCUT2D eigenvalue weighted by Gasteiger charge is 2.43. The Kier molecular flexibility index (Phi) is 8.77. The van der Waals surface area contributed by atoms with Crippen molar-refractivity contribution in [3.8, 4) is 16.3 Å². The van der Waals surface area contributed by atoms with Gasteiger partial charge in [-0.3, -0.25) is 9.59 Å². The molecule has 1 saturated heterocycles. The summed E-state index contributed by atoms with van der Waals surface area (Å²) in [6, 6.07) is 8.55. The number of aliphatic hydroxyl groups is 2. The normalized spacial score (nSPS) is 23.7. The van der Waals surface area contributed by atoms with Crippen LogP contribution < -0.4 is 10.1 Å². The zero-order valence-corrected chi connectivity index (χ0v) is 24.6. The van der Waals surface area contributed by atoms with Crippen molar-refractivity contribution in [2.75, 3.05) is 13.2 Å². The first-order chi connectivity index (χ1) is 19.6. The molecule has 1 aliphatic carbocycles. The Bertz CT molecular complexity index is 1350. The Labute approximate surface area is 243 Å². The monoisotopic (exact) mass is 582 g/mol. The van der Waals surface area contributed by atoms with Crippen LogP contribution in [0.5, 0.6) is 5.88 Å². The molecular formula is C30H38N4O6S. The maximum absolute atomic E-state index is 13.8. The van der Waals surface area contributed by atoms with Crippen LogP contribution in [-0.2, 0) is 9.59 Å². The number of ether oxygens (including phenoxy) is 1. The summed E-state index contributed by atoms with van der Waals surface area (Å²) >= 11 is 1.59. The minimum Gasteiger partial charge on any atom is -0.472 e. The second-order valence-corrected chi connectivity index (χ2v) is 12.4. The summed E-state index contributed by atoms with van der Waals surface area (Å²) in [5.41, 5.74) is 4.82. The Morgan fingerprint density at radius 1 is 1.20 bits per heavy atom.